The lowest BCUT2D eigenvalue weighted by Crippen LogP contribution is -2.22. The first-order valence-electron chi connectivity index (χ1n) is 8.15. The van der Waals surface area contributed by atoms with E-state index in [9.17, 15) is 26.3 Å². The molecule has 0 saturated heterocycles. The molecule has 0 aliphatic carbocycles. The highest BCUT2D eigenvalue weighted by Gasteiger charge is 2.36. The van der Waals surface area contributed by atoms with Crippen molar-refractivity contribution in [1.29, 1.82) is 5.26 Å². The van der Waals surface area contributed by atoms with Crippen LogP contribution in [-0.4, -0.2) is 0 Å². The molecule has 0 heterocycles. The minimum Gasteiger partial charge on any atom is -0.426 e. The lowest BCUT2D eigenvalue weighted by atomic mass is 10.0. The Morgan fingerprint density at radius 2 is 1.45 bits per heavy atom. The fourth-order valence-corrected chi connectivity index (χ4v) is 2.61. The zero-order chi connectivity index (χ0) is 21.3. The lowest BCUT2D eigenvalue weighted by molar-refractivity contribution is -0.187. The summed E-state index contributed by atoms with van der Waals surface area (Å²) in [6.07, 6.45) is -3.95. The zero-order valence-corrected chi connectivity index (χ0v) is 14.7. The molecule has 0 spiro atoms. The van der Waals surface area contributed by atoms with Crippen molar-refractivity contribution in [2.45, 2.75) is 13.0 Å². The average Bonchev–Trinajstić information content (AvgIpc) is 2.65. The van der Waals surface area contributed by atoms with E-state index in [1.54, 1.807) is 6.92 Å². The third-order valence-electron chi connectivity index (χ3n) is 4.14. The first kappa shape index (κ1) is 20.3. The topological polar surface area (TPSA) is 33.0 Å². The van der Waals surface area contributed by atoms with Gasteiger partial charge in [0.2, 0.25) is 5.82 Å². The Bertz CT molecular complexity index is 1100. The van der Waals surface area contributed by atoms with Gasteiger partial charge in [0.25, 0.3) is 0 Å². The highest BCUT2D eigenvalue weighted by molar-refractivity contribution is 5.66. The Kier molecular flexibility index (Phi) is 5.25. The van der Waals surface area contributed by atoms with E-state index >= 15 is 0 Å². The maximum atomic E-state index is 14.4. The number of alkyl halides is 2. The predicted octanol–water partition coefficient (Wildman–Crippen LogP) is 6.22. The minimum atomic E-state index is -3.95. The summed E-state index contributed by atoms with van der Waals surface area (Å²) in [5.41, 5.74) is -1.73. The fourth-order valence-electron chi connectivity index (χ4n) is 2.61. The highest BCUT2D eigenvalue weighted by Crippen LogP contribution is 2.36. The maximum absolute atomic E-state index is 14.4. The molecule has 29 heavy (non-hydrogen) atoms. The second-order valence-electron chi connectivity index (χ2n) is 6.15. The maximum Gasteiger partial charge on any atom is 0.426 e. The van der Waals surface area contributed by atoms with Gasteiger partial charge in [-0.05, 0) is 48.9 Å². The molecule has 0 amide bonds. The van der Waals surface area contributed by atoms with Crippen LogP contribution in [0.1, 0.15) is 16.7 Å². The van der Waals surface area contributed by atoms with Crippen LogP contribution < -0.4 is 4.74 Å². The van der Waals surface area contributed by atoms with Crippen LogP contribution in [0.3, 0.4) is 0 Å². The number of hydrogen-bond acceptors (Lipinski definition) is 2. The normalized spacial score (nSPS) is 11.2. The summed E-state index contributed by atoms with van der Waals surface area (Å²) in [6, 6.07) is 9.13. The third kappa shape index (κ3) is 3.90. The first-order valence-corrected chi connectivity index (χ1v) is 8.15. The van der Waals surface area contributed by atoms with Gasteiger partial charge >= 0.3 is 6.11 Å². The quantitative estimate of drug-likeness (QED) is 0.481. The van der Waals surface area contributed by atoms with Gasteiger partial charge in [0.05, 0.1) is 5.56 Å². The van der Waals surface area contributed by atoms with Gasteiger partial charge in [-0.15, -0.1) is 0 Å². The van der Waals surface area contributed by atoms with E-state index in [0.29, 0.717) is 17.7 Å². The molecule has 0 N–H and O–H groups in total. The number of nitriles is 1. The van der Waals surface area contributed by atoms with E-state index in [0.717, 1.165) is 24.3 Å². The minimum absolute atomic E-state index is 0.410. The van der Waals surface area contributed by atoms with E-state index in [4.69, 9.17) is 5.26 Å². The van der Waals surface area contributed by atoms with Gasteiger partial charge in [0, 0.05) is 5.56 Å². The number of aryl methyl sites for hydroxylation is 1. The highest BCUT2D eigenvalue weighted by atomic mass is 19.3. The van der Waals surface area contributed by atoms with Gasteiger partial charge in [0.1, 0.15) is 23.3 Å². The van der Waals surface area contributed by atoms with Crippen LogP contribution >= 0.6 is 0 Å². The summed E-state index contributed by atoms with van der Waals surface area (Å²) < 4.78 is 89.1. The van der Waals surface area contributed by atoms with Gasteiger partial charge in [-0.3, -0.25) is 0 Å². The van der Waals surface area contributed by atoms with Crippen molar-refractivity contribution in [3.8, 4) is 22.9 Å². The SMILES string of the molecule is Cc1ccc(C(F)(F)Oc2ccc(-c3cc(F)c(C#N)c(F)c3)c(F)c2F)cc1. The molecule has 0 unspecified atom stereocenters. The molecule has 0 aliphatic rings. The molecule has 0 radical (unpaired) electrons. The fraction of sp³-hybridized carbons (Fsp3) is 0.0952. The number of nitrogens with zero attached hydrogens (tertiary/aromatic N) is 1. The van der Waals surface area contributed by atoms with E-state index < -0.39 is 57.4 Å². The Morgan fingerprint density at radius 1 is 0.862 bits per heavy atom. The molecule has 2 nitrogen and oxygen atoms in total. The average molecular weight is 407 g/mol. The van der Waals surface area contributed by atoms with Gasteiger partial charge in [0.15, 0.2) is 11.6 Å². The molecule has 0 aliphatic heterocycles. The predicted molar refractivity (Wildman–Crippen MR) is 92.1 cm³/mol. The van der Waals surface area contributed by atoms with Crippen LogP contribution in [0.4, 0.5) is 26.3 Å². The molecular formula is C21H11F6NO. The molecule has 0 fully saturated rings. The molecule has 0 saturated carbocycles. The van der Waals surface area contributed by atoms with Crippen LogP contribution in [0.15, 0.2) is 48.5 Å². The standard InChI is InChI=1S/C21H11F6NO/c1-11-2-4-13(5-3-11)21(26,27)29-18-7-6-14(19(24)20(18)25)12-8-16(22)15(10-28)17(23)9-12/h2-9H,1H3. The summed E-state index contributed by atoms with van der Waals surface area (Å²) in [4.78, 5) is 0. The van der Waals surface area contributed by atoms with E-state index in [2.05, 4.69) is 4.74 Å². The summed E-state index contributed by atoms with van der Waals surface area (Å²) in [7, 11) is 0. The van der Waals surface area contributed by atoms with Gasteiger partial charge in [-0.2, -0.15) is 18.4 Å². The van der Waals surface area contributed by atoms with E-state index in [1.807, 2.05) is 0 Å². The monoisotopic (exact) mass is 407 g/mol. The van der Waals surface area contributed by atoms with Crippen LogP contribution in [0.2, 0.25) is 0 Å². The van der Waals surface area contributed by atoms with Crippen molar-refractivity contribution >= 4 is 0 Å². The Balaban J connectivity index is 1.98. The van der Waals surface area contributed by atoms with Crippen molar-refractivity contribution in [3.05, 3.63) is 88.5 Å². The van der Waals surface area contributed by atoms with Crippen molar-refractivity contribution < 1.29 is 31.1 Å². The Morgan fingerprint density at radius 3 is 2.00 bits per heavy atom. The number of hydrogen-bond donors (Lipinski definition) is 0. The van der Waals surface area contributed by atoms with Gasteiger partial charge in [-0.1, -0.05) is 17.7 Å². The van der Waals surface area contributed by atoms with Crippen molar-refractivity contribution in [1.82, 2.24) is 0 Å². The van der Waals surface area contributed by atoms with Crippen molar-refractivity contribution in [2.75, 3.05) is 0 Å². The Hall–Kier alpha value is -3.47. The zero-order valence-electron chi connectivity index (χ0n) is 14.7. The van der Waals surface area contributed by atoms with E-state index in [-0.39, 0.29) is 0 Å². The third-order valence-corrected chi connectivity index (χ3v) is 4.14. The summed E-state index contributed by atoms with van der Waals surface area (Å²) in [5, 5.41) is 8.66. The number of rotatable bonds is 4. The number of benzene rings is 3. The summed E-state index contributed by atoms with van der Waals surface area (Å²) in [6.45, 7) is 1.69. The van der Waals surface area contributed by atoms with Crippen LogP contribution in [-0.2, 0) is 6.11 Å². The lowest BCUT2D eigenvalue weighted by Gasteiger charge is -2.19. The van der Waals surface area contributed by atoms with Gasteiger partial charge in [-0.25, -0.2) is 13.2 Å². The summed E-state index contributed by atoms with van der Waals surface area (Å²) >= 11 is 0. The van der Waals surface area contributed by atoms with Crippen LogP contribution in [0, 0.1) is 41.5 Å². The first-order chi connectivity index (χ1) is 13.6. The molecule has 0 aromatic heterocycles. The summed E-state index contributed by atoms with van der Waals surface area (Å²) in [5.74, 6) is -7.00. The molecule has 8 heteroatoms. The van der Waals surface area contributed by atoms with Crippen molar-refractivity contribution in [3.63, 3.8) is 0 Å². The Labute approximate surface area is 161 Å². The largest absolute Gasteiger partial charge is 0.426 e. The molecule has 148 valence electrons. The molecular weight excluding hydrogens is 396 g/mol. The smallest absolute Gasteiger partial charge is 0.426 e. The van der Waals surface area contributed by atoms with Crippen LogP contribution in [0.5, 0.6) is 5.75 Å². The van der Waals surface area contributed by atoms with Crippen LogP contribution in [0.25, 0.3) is 11.1 Å². The molecule has 0 bridgehead atoms. The molecule has 3 rings (SSSR count). The molecule has 0 atom stereocenters. The second kappa shape index (κ2) is 7.51. The van der Waals surface area contributed by atoms with Gasteiger partial charge < -0.3 is 4.74 Å². The molecule has 3 aromatic rings. The molecule has 3 aromatic carbocycles. The number of ether oxygens (including phenoxy) is 1. The number of halogens is 6. The van der Waals surface area contributed by atoms with E-state index in [1.165, 1.54) is 18.2 Å². The van der Waals surface area contributed by atoms with Crippen molar-refractivity contribution in [2.24, 2.45) is 0 Å². The second-order valence-corrected chi connectivity index (χ2v) is 6.15.